The molecule has 0 saturated carbocycles. The van der Waals surface area contributed by atoms with Gasteiger partial charge in [-0.25, -0.2) is 18.4 Å². The molecule has 10 heteroatoms. The minimum Gasteiger partial charge on any atom is -0.362 e. The first kappa shape index (κ1) is 16.4. The Hall–Kier alpha value is -2.07. The number of aliphatic imine (C=N–C) groups is 1. The monoisotopic (exact) mass is 395 g/mol. The zero-order valence-corrected chi connectivity index (χ0v) is 15.7. The Bertz CT molecular complexity index is 1030. The van der Waals surface area contributed by atoms with Crippen molar-refractivity contribution < 1.29 is 8.42 Å². The number of hydrogen-bond acceptors (Lipinski definition) is 8. The molecule has 0 atom stereocenters. The highest BCUT2D eigenvalue weighted by molar-refractivity contribution is 7.95. The van der Waals surface area contributed by atoms with Crippen LogP contribution in [0.1, 0.15) is 5.56 Å². The van der Waals surface area contributed by atoms with Crippen molar-refractivity contribution in [2.75, 3.05) is 19.1 Å². The van der Waals surface area contributed by atoms with E-state index < -0.39 is 9.84 Å². The van der Waals surface area contributed by atoms with Crippen molar-refractivity contribution in [3.8, 4) is 0 Å². The smallest absolute Gasteiger partial charge is 0.226 e. The minimum atomic E-state index is -3.81. The molecule has 3 heterocycles. The first-order chi connectivity index (χ1) is 11.9. The quantitative estimate of drug-likeness (QED) is 0.811. The van der Waals surface area contributed by atoms with E-state index in [1.54, 1.807) is 17.1 Å². The molecular weight excluding hydrogens is 382 g/mol. The summed E-state index contributed by atoms with van der Waals surface area (Å²) in [7, 11) is -0.0625. The summed E-state index contributed by atoms with van der Waals surface area (Å²) in [6.07, 6.45) is 0. The molecule has 0 bridgehead atoms. The lowest BCUT2D eigenvalue weighted by Crippen LogP contribution is -2.41. The number of thiophene rings is 1. The second-order valence-corrected chi connectivity index (χ2v) is 8.87. The molecule has 0 spiro atoms. The van der Waals surface area contributed by atoms with E-state index in [1.165, 1.54) is 23.5 Å². The Morgan fingerprint density at radius 3 is 2.80 bits per heavy atom. The molecule has 2 aromatic rings. The van der Waals surface area contributed by atoms with Gasteiger partial charge in [-0.3, -0.25) is 5.43 Å². The standard InChI is InChI=1S/C15H14ClN5O2S2/c1-20(2)12-11-6-7-24-15(11)21-13(17-12)14(18-19-21)25(22,23)10-5-3-4-9(16)8-10/h3-8,18-19H,1-2H3. The van der Waals surface area contributed by atoms with Gasteiger partial charge in [0.2, 0.25) is 9.84 Å². The van der Waals surface area contributed by atoms with Crippen LogP contribution in [0.15, 0.2) is 56.4 Å². The van der Waals surface area contributed by atoms with Crippen LogP contribution in [0, 0.1) is 0 Å². The highest BCUT2D eigenvalue weighted by Gasteiger charge is 2.38. The maximum atomic E-state index is 13.0. The predicted molar refractivity (Wildman–Crippen MR) is 99.0 cm³/mol. The molecule has 0 fully saturated rings. The molecule has 0 radical (unpaired) electrons. The molecule has 2 aliphatic heterocycles. The fraction of sp³-hybridized carbons (Fsp3) is 0.133. The van der Waals surface area contributed by atoms with E-state index in [-0.39, 0.29) is 9.92 Å². The van der Waals surface area contributed by atoms with Gasteiger partial charge in [0, 0.05) is 19.1 Å². The third kappa shape index (κ3) is 2.51. The van der Waals surface area contributed by atoms with Crippen LogP contribution in [0.4, 0.5) is 5.00 Å². The van der Waals surface area contributed by atoms with E-state index in [2.05, 4.69) is 16.0 Å². The number of nitrogens with zero attached hydrogens (tertiary/aromatic N) is 3. The van der Waals surface area contributed by atoms with Gasteiger partial charge in [0.1, 0.15) is 10.8 Å². The number of anilines is 1. The molecule has 0 amide bonds. The highest BCUT2D eigenvalue weighted by atomic mass is 35.5. The average Bonchev–Trinajstić information content (AvgIpc) is 3.20. The third-order valence-electron chi connectivity index (χ3n) is 3.80. The van der Waals surface area contributed by atoms with Gasteiger partial charge < -0.3 is 4.90 Å². The van der Waals surface area contributed by atoms with Crippen molar-refractivity contribution in [3.63, 3.8) is 0 Å². The molecule has 130 valence electrons. The number of rotatable bonds is 2. The normalized spacial score (nSPS) is 16.3. The maximum Gasteiger partial charge on any atom is 0.226 e. The summed E-state index contributed by atoms with van der Waals surface area (Å²) in [5, 5.41) is 4.81. The lowest BCUT2D eigenvalue weighted by Gasteiger charge is -2.26. The van der Waals surface area contributed by atoms with Crippen LogP contribution in [0.5, 0.6) is 0 Å². The molecule has 25 heavy (non-hydrogen) atoms. The molecule has 1 aromatic carbocycles. The first-order valence-corrected chi connectivity index (χ1v) is 10.0. The van der Waals surface area contributed by atoms with Crippen LogP contribution in [-0.2, 0) is 9.84 Å². The number of hydrazine groups is 2. The summed E-state index contributed by atoms with van der Waals surface area (Å²) in [6, 6.07) is 8.12. The van der Waals surface area contributed by atoms with Gasteiger partial charge in [0.05, 0.1) is 10.5 Å². The van der Waals surface area contributed by atoms with Crippen LogP contribution in [-0.4, -0.2) is 33.2 Å². The number of fused-ring (bicyclic) bond motifs is 3. The van der Waals surface area contributed by atoms with Gasteiger partial charge in [-0.05, 0) is 29.6 Å². The summed E-state index contributed by atoms with van der Waals surface area (Å²) in [4.78, 5) is 6.54. The molecule has 7 nitrogen and oxygen atoms in total. The number of sulfone groups is 1. The van der Waals surface area contributed by atoms with Crippen LogP contribution < -0.4 is 16.0 Å². The van der Waals surface area contributed by atoms with Crippen molar-refractivity contribution in [2.24, 2.45) is 4.99 Å². The molecule has 2 N–H and O–H groups in total. The Morgan fingerprint density at radius 1 is 1.28 bits per heavy atom. The molecular formula is C15H14ClN5O2S2. The van der Waals surface area contributed by atoms with Crippen molar-refractivity contribution in [1.29, 1.82) is 0 Å². The Labute approximate surface area is 154 Å². The fourth-order valence-corrected chi connectivity index (χ4v) is 5.09. The minimum absolute atomic E-state index is 0.00633. The number of halogens is 1. The van der Waals surface area contributed by atoms with Crippen molar-refractivity contribution in [3.05, 3.63) is 57.1 Å². The van der Waals surface area contributed by atoms with E-state index in [4.69, 9.17) is 11.6 Å². The molecule has 0 saturated heterocycles. The second-order valence-electron chi connectivity index (χ2n) is 5.66. The van der Waals surface area contributed by atoms with Gasteiger partial charge in [-0.15, -0.1) is 16.9 Å². The predicted octanol–water partition coefficient (Wildman–Crippen LogP) is 2.15. The summed E-state index contributed by atoms with van der Waals surface area (Å²) >= 11 is 7.45. The van der Waals surface area contributed by atoms with Crippen LogP contribution in [0.3, 0.4) is 0 Å². The van der Waals surface area contributed by atoms with Gasteiger partial charge in [0.15, 0.2) is 10.9 Å². The van der Waals surface area contributed by atoms with Crippen molar-refractivity contribution in [2.45, 2.75) is 4.90 Å². The average molecular weight is 396 g/mol. The van der Waals surface area contributed by atoms with Crippen molar-refractivity contribution >= 4 is 43.6 Å². The van der Waals surface area contributed by atoms with Crippen LogP contribution in [0.2, 0.25) is 5.02 Å². The molecule has 0 aliphatic carbocycles. The summed E-state index contributed by atoms with van der Waals surface area (Å²) in [6.45, 7) is 0. The van der Waals surface area contributed by atoms with Crippen LogP contribution in [0.25, 0.3) is 0 Å². The fourth-order valence-electron chi connectivity index (χ4n) is 2.65. The Kier molecular flexibility index (Phi) is 3.76. The number of benzene rings is 1. The zero-order chi connectivity index (χ0) is 17.8. The Balaban J connectivity index is 1.91. The summed E-state index contributed by atoms with van der Waals surface area (Å²) in [5.41, 5.74) is 6.57. The zero-order valence-electron chi connectivity index (χ0n) is 13.3. The van der Waals surface area contributed by atoms with Gasteiger partial charge in [-0.2, -0.15) is 0 Å². The highest BCUT2D eigenvalue weighted by Crippen LogP contribution is 2.38. The van der Waals surface area contributed by atoms with E-state index in [0.717, 1.165) is 10.6 Å². The van der Waals surface area contributed by atoms with Gasteiger partial charge >= 0.3 is 0 Å². The van der Waals surface area contributed by atoms with Crippen LogP contribution >= 0.6 is 22.9 Å². The van der Waals surface area contributed by atoms with E-state index in [0.29, 0.717) is 16.7 Å². The summed E-state index contributed by atoms with van der Waals surface area (Å²) in [5.74, 6) is 1.01. The number of amidine groups is 1. The third-order valence-corrected chi connectivity index (χ3v) is 6.63. The second kappa shape index (κ2) is 5.73. The SMILES string of the molecule is CN(C)C1=NC2=C(S(=O)(=O)c3cccc(Cl)c3)NNN2c2sccc21. The molecule has 4 rings (SSSR count). The van der Waals surface area contributed by atoms with E-state index in [9.17, 15) is 8.42 Å². The van der Waals surface area contributed by atoms with E-state index in [1.807, 2.05) is 30.4 Å². The molecule has 1 aromatic heterocycles. The molecule has 2 aliphatic rings. The number of hydrogen-bond donors (Lipinski definition) is 2. The molecule has 0 unspecified atom stereocenters. The maximum absolute atomic E-state index is 13.0. The number of nitrogens with one attached hydrogen (secondary N) is 2. The first-order valence-electron chi connectivity index (χ1n) is 7.30. The Morgan fingerprint density at radius 2 is 2.08 bits per heavy atom. The lowest BCUT2D eigenvalue weighted by molar-refractivity contribution is 0.592. The topological polar surface area (TPSA) is 77.0 Å². The van der Waals surface area contributed by atoms with Gasteiger partial charge in [0.25, 0.3) is 0 Å². The lowest BCUT2D eigenvalue weighted by atomic mass is 10.2. The largest absolute Gasteiger partial charge is 0.362 e. The van der Waals surface area contributed by atoms with E-state index >= 15 is 0 Å². The summed E-state index contributed by atoms with van der Waals surface area (Å²) < 4.78 is 26.1. The van der Waals surface area contributed by atoms with Crippen molar-refractivity contribution in [1.82, 2.24) is 15.9 Å². The van der Waals surface area contributed by atoms with Gasteiger partial charge in [-0.1, -0.05) is 17.7 Å².